The predicted octanol–water partition coefficient (Wildman–Crippen LogP) is 3.48. The zero-order valence-corrected chi connectivity index (χ0v) is 11.2. The highest BCUT2D eigenvalue weighted by molar-refractivity contribution is 8.15. The smallest absolute Gasteiger partial charge is 0.243 e. The molecule has 1 amide bonds. The third-order valence-electron chi connectivity index (χ3n) is 2.64. The molecule has 1 fully saturated rings. The van der Waals surface area contributed by atoms with E-state index in [-0.39, 0.29) is 17.0 Å². The highest BCUT2D eigenvalue weighted by Crippen LogP contribution is 2.34. The minimum atomic E-state index is -0.0517. The number of amidine groups is 1. The largest absolute Gasteiger partial charge is 0.278 e. The van der Waals surface area contributed by atoms with Crippen LogP contribution in [0.3, 0.4) is 0 Å². The molecular formula is C12H13ClN2OS. The molecule has 1 saturated heterocycles. The summed E-state index contributed by atoms with van der Waals surface area (Å²) in [7, 11) is 0. The van der Waals surface area contributed by atoms with E-state index in [9.17, 15) is 4.79 Å². The Balaban J connectivity index is 2.53. The van der Waals surface area contributed by atoms with Crippen molar-refractivity contribution in [2.24, 2.45) is 0 Å². The fourth-order valence-electron chi connectivity index (χ4n) is 1.81. The minimum Gasteiger partial charge on any atom is -0.278 e. The first-order chi connectivity index (χ1) is 8.00. The van der Waals surface area contributed by atoms with Crippen LogP contribution in [-0.4, -0.2) is 16.8 Å². The van der Waals surface area contributed by atoms with Crippen LogP contribution in [0.1, 0.15) is 25.3 Å². The topological polar surface area (TPSA) is 44.2 Å². The van der Waals surface area contributed by atoms with E-state index in [0.717, 1.165) is 11.3 Å². The Bertz CT molecular complexity index is 471. The second-order valence-electron chi connectivity index (χ2n) is 4.18. The number of benzene rings is 1. The molecular weight excluding hydrogens is 256 g/mol. The third kappa shape index (κ3) is 2.33. The molecule has 90 valence electrons. The van der Waals surface area contributed by atoms with Crippen molar-refractivity contribution < 1.29 is 4.79 Å². The van der Waals surface area contributed by atoms with Gasteiger partial charge in [0.2, 0.25) is 5.91 Å². The molecule has 0 aliphatic carbocycles. The lowest BCUT2D eigenvalue weighted by atomic mass is 10.0. The van der Waals surface area contributed by atoms with Gasteiger partial charge in [-0.2, -0.15) is 0 Å². The number of hydrogen-bond donors (Lipinski definition) is 1. The molecule has 2 rings (SSSR count). The Hall–Kier alpha value is -1.00. The summed E-state index contributed by atoms with van der Waals surface area (Å²) in [4.78, 5) is 13.2. The van der Waals surface area contributed by atoms with Gasteiger partial charge < -0.3 is 0 Å². The minimum absolute atomic E-state index is 0.0517. The molecule has 17 heavy (non-hydrogen) atoms. The molecule has 1 heterocycles. The van der Waals surface area contributed by atoms with E-state index in [4.69, 9.17) is 17.0 Å². The number of amides is 1. The lowest BCUT2D eigenvalue weighted by Gasteiger charge is -2.21. The first-order valence-corrected chi connectivity index (χ1v) is 6.71. The van der Waals surface area contributed by atoms with E-state index >= 15 is 0 Å². The highest BCUT2D eigenvalue weighted by atomic mass is 35.5. The number of carbonyl (C=O) groups is 1. The van der Waals surface area contributed by atoms with Crippen LogP contribution in [0.15, 0.2) is 18.2 Å². The molecule has 0 bridgehead atoms. The molecule has 0 spiro atoms. The summed E-state index contributed by atoms with van der Waals surface area (Å²) in [5.41, 5.74) is 1.78. The van der Waals surface area contributed by atoms with E-state index in [1.807, 2.05) is 12.1 Å². The van der Waals surface area contributed by atoms with Gasteiger partial charge >= 0.3 is 0 Å². The van der Waals surface area contributed by atoms with Gasteiger partial charge in [-0.15, -0.1) is 0 Å². The van der Waals surface area contributed by atoms with Crippen molar-refractivity contribution in [3.05, 3.63) is 28.8 Å². The molecule has 5 heteroatoms. The Morgan fingerprint density at radius 1 is 1.47 bits per heavy atom. The number of thioether (sulfide) groups is 1. The number of nitrogens with zero attached hydrogens (tertiary/aromatic N) is 1. The molecule has 1 aliphatic heterocycles. The summed E-state index contributed by atoms with van der Waals surface area (Å²) in [6, 6.07) is 5.50. The van der Waals surface area contributed by atoms with Crippen molar-refractivity contribution >= 4 is 40.1 Å². The molecule has 0 radical (unpaired) electrons. The molecule has 1 aromatic rings. The van der Waals surface area contributed by atoms with Gasteiger partial charge in [0, 0.05) is 5.02 Å². The zero-order valence-electron chi connectivity index (χ0n) is 9.66. The van der Waals surface area contributed by atoms with Crippen LogP contribution in [0.2, 0.25) is 5.02 Å². The summed E-state index contributed by atoms with van der Waals surface area (Å²) in [6.45, 7) is 4.12. The van der Waals surface area contributed by atoms with Crippen LogP contribution in [0, 0.1) is 5.41 Å². The first kappa shape index (κ1) is 12.5. The van der Waals surface area contributed by atoms with Crippen molar-refractivity contribution in [2.75, 3.05) is 10.7 Å². The fraction of sp³-hybridized carbons (Fsp3) is 0.333. The molecule has 1 aliphatic rings. The average molecular weight is 269 g/mol. The van der Waals surface area contributed by atoms with E-state index in [1.165, 1.54) is 16.7 Å². The van der Waals surface area contributed by atoms with E-state index < -0.39 is 0 Å². The average Bonchev–Trinajstić information content (AvgIpc) is 2.58. The first-order valence-electron chi connectivity index (χ1n) is 5.34. The van der Waals surface area contributed by atoms with Gasteiger partial charge in [-0.25, -0.2) is 0 Å². The molecule has 0 atom stereocenters. The highest BCUT2D eigenvalue weighted by Gasteiger charge is 2.30. The van der Waals surface area contributed by atoms with Gasteiger partial charge in [-0.1, -0.05) is 43.3 Å². The van der Waals surface area contributed by atoms with Crippen LogP contribution in [0.4, 0.5) is 5.69 Å². The number of carbonyl (C=O) groups excluding carboxylic acids is 1. The normalized spacial score (nSPS) is 16.1. The van der Waals surface area contributed by atoms with Gasteiger partial charge in [0.15, 0.2) is 5.17 Å². The summed E-state index contributed by atoms with van der Waals surface area (Å²) < 4.78 is 0. The summed E-state index contributed by atoms with van der Waals surface area (Å²) >= 11 is 7.23. The number of hydrogen-bond acceptors (Lipinski definition) is 3. The second kappa shape index (κ2) is 4.70. The van der Waals surface area contributed by atoms with Gasteiger partial charge in [-0.05, 0) is 23.6 Å². The zero-order chi connectivity index (χ0) is 12.6. The second-order valence-corrected chi connectivity index (χ2v) is 5.58. The van der Waals surface area contributed by atoms with E-state index in [2.05, 4.69) is 13.8 Å². The summed E-state index contributed by atoms with van der Waals surface area (Å²) in [6.07, 6.45) is 0. The van der Waals surface area contributed by atoms with Crippen LogP contribution in [0.25, 0.3) is 0 Å². The molecule has 0 saturated carbocycles. The van der Waals surface area contributed by atoms with Crippen LogP contribution in [-0.2, 0) is 4.79 Å². The van der Waals surface area contributed by atoms with Gasteiger partial charge in [0.05, 0.1) is 11.4 Å². The summed E-state index contributed by atoms with van der Waals surface area (Å²) in [5.74, 6) is 0.570. The monoisotopic (exact) mass is 268 g/mol. The van der Waals surface area contributed by atoms with Crippen molar-refractivity contribution in [2.45, 2.75) is 19.8 Å². The standard InChI is InChI=1S/C12H13ClN2OS/c1-7(2)9-4-3-8(13)5-10(9)15-11(16)6-17-12(15)14/h3-5,7,14H,6H2,1-2H3. The number of halogens is 1. The van der Waals surface area contributed by atoms with Gasteiger partial charge in [0.1, 0.15) is 0 Å². The Kier molecular flexibility index (Phi) is 3.45. The number of rotatable bonds is 2. The van der Waals surface area contributed by atoms with Crippen molar-refractivity contribution in [3.63, 3.8) is 0 Å². The fourth-order valence-corrected chi connectivity index (χ4v) is 2.70. The lowest BCUT2D eigenvalue weighted by molar-refractivity contribution is -0.115. The van der Waals surface area contributed by atoms with E-state index in [1.54, 1.807) is 6.07 Å². The number of nitrogens with one attached hydrogen (secondary N) is 1. The third-order valence-corrected chi connectivity index (χ3v) is 3.72. The quantitative estimate of drug-likeness (QED) is 0.892. The van der Waals surface area contributed by atoms with Crippen LogP contribution >= 0.6 is 23.4 Å². The maximum atomic E-state index is 11.8. The Morgan fingerprint density at radius 2 is 2.18 bits per heavy atom. The maximum Gasteiger partial charge on any atom is 0.243 e. The SMILES string of the molecule is CC(C)c1ccc(Cl)cc1N1C(=N)SCC1=O. The van der Waals surface area contributed by atoms with Crippen molar-refractivity contribution in [3.8, 4) is 0 Å². The predicted molar refractivity (Wildman–Crippen MR) is 73.2 cm³/mol. The molecule has 0 unspecified atom stereocenters. The maximum absolute atomic E-state index is 11.8. The molecule has 1 aromatic carbocycles. The molecule has 1 N–H and O–H groups in total. The molecule has 3 nitrogen and oxygen atoms in total. The molecule has 0 aromatic heterocycles. The van der Waals surface area contributed by atoms with Crippen LogP contribution < -0.4 is 4.90 Å². The van der Waals surface area contributed by atoms with E-state index in [0.29, 0.717) is 10.8 Å². The Morgan fingerprint density at radius 3 is 2.71 bits per heavy atom. The van der Waals surface area contributed by atoms with Crippen molar-refractivity contribution in [1.82, 2.24) is 0 Å². The number of anilines is 1. The Labute approximate surface area is 110 Å². The van der Waals surface area contributed by atoms with Crippen molar-refractivity contribution in [1.29, 1.82) is 5.41 Å². The van der Waals surface area contributed by atoms with Gasteiger partial charge in [0.25, 0.3) is 0 Å². The lowest BCUT2D eigenvalue weighted by Crippen LogP contribution is -2.29. The van der Waals surface area contributed by atoms with Gasteiger partial charge in [-0.3, -0.25) is 15.1 Å². The van der Waals surface area contributed by atoms with Crippen LogP contribution in [0.5, 0.6) is 0 Å². The summed E-state index contributed by atoms with van der Waals surface area (Å²) in [5, 5.41) is 8.67.